The fourth-order valence-corrected chi connectivity index (χ4v) is 4.53. The lowest BCUT2D eigenvalue weighted by molar-refractivity contribution is -0.119. The summed E-state index contributed by atoms with van der Waals surface area (Å²) >= 11 is 0. The summed E-state index contributed by atoms with van der Waals surface area (Å²) in [6.45, 7) is 4.04. The number of aryl methyl sites for hydroxylation is 2. The fourth-order valence-electron chi connectivity index (χ4n) is 3.09. The molecule has 1 N–H and O–H groups in total. The molecule has 5 nitrogen and oxygen atoms in total. The maximum absolute atomic E-state index is 13.3. The molecule has 3 aromatic rings. The largest absolute Gasteiger partial charge is 0.354 e. The van der Waals surface area contributed by atoms with E-state index in [0.29, 0.717) is 18.7 Å². The van der Waals surface area contributed by atoms with Crippen molar-refractivity contribution in [3.63, 3.8) is 0 Å². The predicted molar refractivity (Wildman–Crippen MR) is 120 cm³/mol. The van der Waals surface area contributed by atoms with E-state index in [1.165, 1.54) is 16.4 Å². The van der Waals surface area contributed by atoms with Crippen LogP contribution in [0, 0.1) is 13.8 Å². The van der Waals surface area contributed by atoms with Crippen molar-refractivity contribution in [1.82, 2.24) is 5.32 Å². The van der Waals surface area contributed by atoms with E-state index < -0.39 is 10.0 Å². The molecule has 0 fully saturated rings. The number of anilines is 1. The van der Waals surface area contributed by atoms with Gasteiger partial charge in [-0.05, 0) is 61.2 Å². The number of carbonyl (C=O) groups excluding carboxylic acids is 1. The first kappa shape index (κ1) is 21.6. The van der Waals surface area contributed by atoms with Crippen molar-refractivity contribution in [2.75, 3.05) is 17.4 Å². The van der Waals surface area contributed by atoms with Gasteiger partial charge in [0.25, 0.3) is 10.0 Å². The van der Waals surface area contributed by atoms with Gasteiger partial charge in [-0.3, -0.25) is 9.10 Å². The molecule has 3 rings (SSSR count). The number of carbonyl (C=O) groups is 1. The topological polar surface area (TPSA) is 66.5 Å². The Kier molecular flexibility index (Phi) is 6.90. The lowest BCUT2D eigenvalue weighted by Gasteiger charge is -2.25. The van der Waals surface area contributed by atoms with E-state index in [4.69, 9.17) is 0 Å². The number of nitrogens with one attached hydrogen (secondary N) is 1. The Morgan fingerprint density at radius 2 is 1.50 bits per heavy atom. The minimum atomic E-state index is -3.88. The van der Waals surface area contributed by atoms with Crippen LogP contribution in [0.2, 0.25) is 0 Å². The molecule has 0 unspecified atom stereocenters. The number of amides is 1. The molecule has 0 aliphatic heterocycles. The average Bonchev–Trinajstić information content (AvgIpc) is 2.75. The highest BCUT2D eigenvalue weighted by Gasteiger charge is 2.27. The third-order valence-electron chi connectivity index (χ3n) is 4.98. The van der Waals surface area contributed by atoms with Crippen molar-refractivity contribution in [2.24, 2.45) is 0 Å². The van der Waals surface area contributed by atoms with Crippen molar-refractivity contribution in [3.05, 3.63) is 95.6 Å². The number of hydrogen-bond donors (Lipinski definition) is 1. The van der Waals surface area contributed by atoms with Crippen LogP contribution in [-0.2, 0) is 21.2 Å². The Morgan fingerprint density at radius 3 is 2.13 bits per heavy atom. The van der Waals surface area contributed by atoms with Crippen LogP contribution in [0.5, 0.6) is 0 Å². The first-order valence-corrected chi connectivity index (χ1v) is 11.3. The van der Waals surface area contributed by atoms with Crippen LogP contribution < -0.4 is 9.62 Å². The second-order valence-electron chi connectivity index (χ2n) is 7.18. The molecular formula is C24H26N2O3S. The maximum atomic E-state index is 13.3. The van der Waals surface area contributed by atoms with Gasteiger partial charge in [-0.15, -0.1) is 0 Å². The van der Waals surface area contributed by atoms with Crippen molar-refractivity contribution in [2.45, 2.75) is 25.2 Å². The van der Waals surface area contributed by atoms with Gasteiger partial charge in [0.2, 0.25) is 5.91 Å². The minimum Gasteiger partial charge on any atom is -0.354 e. The summed E-state index contributed by atoms with van der Waals surface area (Å²) in [5, 5.41) is 2.84. The van der Waals surface area contributed by atoms with E-state index in [0.717, 1.165) is 16.7 Å². The first-order chi connectivity index (χ1) is 14.4. The average molecular weight is 423 g/mol. The number of nitrogens with zero attached hydrogens (tertiary/aromatic N) is 1. The van der Waals surface area contributed by atoms with Gasteiger partial charge in [0.1, 0.15) is 6.54 Å². The zero-order chi connectivity index (χ0) is 21.6. The molecule has 30 heavy (non-hydrogen) atoms. The molecular weight excluding hydrogens is 396 g/mol. The summed E-state index contributed by atoms with van der Waals surface area (Å²) in [6, 6.07) is 23.4. The Morgan fingerprint density at radius 1 is 0.867 bits per heavy atom. The summed E-state index contributed by atoms with van der Waals surface area (Å²) in [5.74, 6) is -0.344. The van der Waals surface area contributed by atoms with E-state index in [2.05, 4.69) is 5.32 Å². The van der Waals surface area contributed by atoms with Crippen molar-refractivity contribution in [3.8, 4) is 0 Å². The Hall–Kier alpha value is -3.12. The van der Waals surface area contributed by atoms with E-state index in [9.17, 15) is 13.2 Å². The molecule has 0 aromatic heterocycles. The molecule has 0 bridgehead atoms. The molecule has 0 aliphatic carbocycles. The quantitative estimate of drug-likeness (QED) is 0.599. The van der Waals surface area contributed by atoms with Crippen LogP contribution >= 0.6 is 0 Å². The van der Waals surface area contributed by atoms with Crippen LogP contribution in [-0.4, -0.2) is 27.4 Å². The van der Waals surface area contributed by atoms with E-state index in [1.54, 1.807) is 30.3 Å². The standard InChI is InChI=1S/C24H26N2O3S/c1-19-13-14-22(17-20(19)2)26(30(28,29)23-11-7-4-8-12-23)18-24(27)25-16-15-21-9-5-3-6-10-21/h3-14,17H,15-16,18H2,1-2H3,(H,25,27). The van der Waals surface area contributed by atoms with Crippen molar-refractivity contribution >= 4 is 21.6 Å². The van der Waals surface area contributed by atoms with Crippen molar-refractivity contribution in [1.29, 1.82) is 0 Å². The smallest absolute Gasteiger partial charge is 0.264 e. The molecule has 156 valence electrons. The SMILES string of the molecule is Cc1ccc(N(CC(=O)NCCc2ccccc2)S(=O)(=O)c2ccccc2)cc1C. The van der Waals surface area contributed by atoms with Crippen LogP contribution in [0.1, 0.15) is 16.7 Å². The number of rotatable bonds is 8. The normalized spacial score (nSPS) is 11.1. The molecule has 3 aromatic carbocycles. The Bertz CT molecular complexity index is 1100. The summed E-state index contributed by atoms with van der Waals surface area (Å²) in [7, 11) is -3.88. The molecule has 0 atom stereocenters. The number of benzene rings is 3. The van der Waals surface area contributed by atoms with Gasteiger partial charge in [-0.2, -0.15) is 0 Å². The summed E-state index contributed by atoms with van der Waals surface area (Å²) < 4.78 is 27.8. The van der Waals surface area contributed by atoms with E-state index in [-0.39, 0.29) is 17.3 Å². The van der Waals surface area contributed by atoms with Gasteiger partial charge in [-0.25, -0.2) is 8.42 Å². The monoisotopic (exact) mass is 422 g/mol. The lowest BCUT2D eigenvalue weighted by atomic mass is 10.1. The van der Waals surface area contributed by atoms with Gasteiger partial charge in [0, 0.05) is 6.54 Å². The lowest BCUT2D eigenvalue weighted by Crippen LogP contribution is -2.41. The number of sulfonamides is 1. The molecule has 1 amide bonds. The predicted octanol–water partition coefficient (Wildman–Crippen LogP) is 3.86. The highest BCUT2D eigenvalue weighted by molar-refractivity contribution is 7.92. The highest BCUT2D eigenvalue weighted by atomic mass is 32.2. The maximum Gasteiger partial charge on any atom is 0.264 e. The Balaban J connectivity index is 1.80. The molecule has 0 spiro atoms. The van der Waals surface area contributed by atoms with Crippen LogP contribution in [0.3, 0.4) is 0 Å². The fraction of sp³-hybridized carbons (Fsp3) is 0.208. The molecule has 0 radical (unpaired) electrons. The molecule has 6 heteroatoms. The third-order valence-corrected chi connectivity index (χ3v) is 6.76. The minimum absolute atomic E-state index is 0.153. The summed E-state index contributed by atoms with van der Waals surface area (Å²) in [6.07, 6.45) is 0.682. The van der Waals surface area contributed by atoms with Gasteiger partial charge in [0.05, 0.1) is 10.6 Å². The van der Waals surface area contributed by atoms with Crippen molar-refractivity contribution < 1.29 is 13.2 Å². The molecule has 0 saturated carbocycles. The van der Waals surface area contributed by atoms with Crippen LogP contribution in [0.25, 0.3) is 0 Å². The van der Waals surface area contributed by atoms with Crippen LogP contribution in [0.15, 0.2) is 83.8 Å². The van der Waals surface area contributed by atoms with Gasteiger partial charge in [-0.1, -0.05) is 54.6 Å². The van der Waals surface area contributed by atoms with E-state index >= 15 is 0 Å². The number of hydrogen-bond acceptors (Lipinski definition) is 3. The first-order valence-electron chi connectivity index (χ1n) is 9.83. The van der Waals surface area contributed by atoms with Gasteiger partial charge >= 0.3 is 0 Å². The Labute approximate surface area is 178 Å². The second-order valence-corrected chi connectivity index (χ2v) is 9.04. The molecule has 0 saturated heterocycles. The zero-order valence-electron chi connectivity index (χ0n) is 17.2. The second kappa shape index (κ2) is 9.59. The van der Waals surface area contributed by atoms with Crippen LogP contribution in [0.4, 0.5) is 5.69 Å². The zero-order valence-corrected chi connectivity index (χ0v) is 18.0. The third kappa shape index (κ3) is 5.27. The van der Waals surface area contributed by atoms with E-state index in [1.807, 2.05) is 50.2 Å². The molecule has 0 aliphatic rings. The molecule has 0 heterocycles. The van der Waals surface area contributed by atoms with Gasteiger partial charge in [0.15, 0.2) is 0 Å². The summed E-state index contributed by atoms with van der Waals surface area (Å²) in [4.78, 5) is 12.8. The highest BCUT2D eigenvalue weighted by Crippen LogP contribution is 2.25. The summed E-state index contributed by atoms with van der Waals surface area (Å²) in [5.41, 5.74) is 3.61. The van der Waals surface area contributed by atoms with Gasteiger partial charge < -0.3 is 5.32 Å².